The van der Waals surface area contributed by atoms with Crippen molar-refractivity contribution in [3.05, 3.63) is 71.5 Å². The minimum atomic E-state index is 0.222. The number of rotatable bonds is 3. The first-order valence-corrected chi connectivity index (χ1v) is 7.20. The number of hydrogen-bond acceptors (Lipinski definition) is 1. The van der Waals surface area contributed by atoms with Crippen LogP contribution in [0, 0.1) is 0 Å². The molecule has 0 radical (unpaired) electrons. The van der Waals surface area contributed by atoms with Crippen LogP contribution in [-0.2, 0) is 0 Å². The van der Waals surface area contributed by atoms with E-state index in [2.05, 4.69) is 22.1 Å². The van der Waals surface area contributed by atoms with Crippen molar-refractivity contribution >= 4 is 0 Å². The van der Waals surface area contributed by atoms with Crippen molar-refractivity contribution in [2.75, 3.05) is 0 Å². The molecule has 1 aliphatic carbocycles. The lowest BCUT2D eigenvalue weighted by Crippen LogP contribution is -2.08. The Labute approximate surface area is 120 Å². The van der Waals surface area contributed by atoms with Gasteiger partial charge in [0, 0.05) is 30.2 Å². The third-order valence-corrected chi connectivity index (χ3v) is 3.40. The lowest BCUT2D eigenvalue weighted by molar-refractivity contribution is 0.384. The van der Waals surface area contributed by atoms with Crippen LogP contribution in [0.3, 0.4) is 0 Å². The number of nitrogens with one attached hydrogen (secondary N) is 2. The normalized spacial score (nSPS) is 14.3. The molecular formula is C17H22N2O. The molecule has 3 heteroatoms. The zero-order chi connectivity index (χ0) is 14.4. The Hall–Kier alpha value is -2.16. The van der Waals surface area contributed by atoms with E-state index in [9.17, 15) is 5.11 Å². The summed E-state index contributed by atoms with van der Waals surface area (Å²) in [6, 6.07) is 8.24. The molecule has 0 saturated carbocycles. The summed E-state index contributed by atoms with van der Waals surface area (Å²) in [7, 11) is 0. The van der Waals surface area contributed by atoms with E-state index in [1.807, 2.05) is 44.4 Å². The molecule has 3 rings (SSSR count). The first-order chi connectivity index (χ1) is 9.84. The van der Waals surface area contributed by atoms with E-state index >= 15 is 0 Å². The second kappa shape index (κ2) is 6.85. The minimum Gasteiger partial charge on any atom is -0.512 e. The van der Waals surface area contributed by atoms with Crippen molar-refractivity contribution in [1.82, 2.24) is 9.97 Å². The first-order valence-electron chi connectivity index (χ1n) is 7.20. The summed E-state index contributed by atoms with van der Waals surface area (Å²) in [6.07, 6.45) is 9.35. The molecule has 3 nitrogen and oxygen atoms in total. The number of hydrogen-bond donors (Lipinski definition) is 3. The molecule has 0 fully saturated rings. The van der Waals surface area contributed by atoms with Crippen LogP contribution in [0.4, 0.5) is 0 Å². The fourth-order valence-electron chi connectivity index (χ4n) is 2.50. The molecule has 0 spiro atoms. The van der Waals surface area contributed by atoms with Gasteiger partial charge in [-0.3, -0.25) is 0 Å². The van der Waals surface area contributed by atoms with Gasteiger partial charge in [0.25, 0.3) is 0 Å². The van der Waals surface area contributed by atoms with E-state index in [0.717, 1.165) is 12.8 Å². The summed E-state index contributed by atoms with van der Waals surface area (Å²) in [5, 5.41) is 9.47. The molecule has 106 valence electrons. The largest absolute Gasteiger partial charge is 0.512 e. The predicted molar refractivity (Wildman–Crippen MR) is 82.8 cm³/mol. The van der Waals surface area contributed by atoms with E-state index in [0.29, 0.717) is 5.76 Å². The van der Waals surface area contributed by atoms with Crippen molar-refractivity contribution in [3.8, 4) is 0 Å². The van der Waals surface area contributed by atoms with Crippen LogP contribution >= 0.6 is 0 Å². The number of aromatic amines is 2. The van der Waals surface area contributed by atoms with Gasteiger partial charge in [-0.1, -0.05) is 25.5 Å². The van der Waals surface area contributed by atoms with E-state index < -0.39 is 0 Å². The van der Waals surface area contributed by atoms with E-state index in [-0.39, 0.29) is 5.92 Å². The summed E-state index contributed by atoms with van der Waals surface area (Å²) in [6.45, 7) is 4.00. The molecule has 0 bridgehead atoms. The molecule has 0 amide bonds. The van der Waals surface area contributed by atoms with Crippen molar-refractivity contribution in [2.45, 2.75) is 32.6 Å². The highest BCUT2D eigenvalue weighted by Gasteiger charge is 2.21. The highest BCUT2D eigenvalue weighted by Crippen LogP contribution is 2.34. The van der Waals surface area contributed by atoms with Crippen LogP contribution in [-0.4, -0.2) is 15.1 Å². The minimum absolute atomic E-state index is 0.222. The molecule has 0 saturated heterocycles. The fourth-order valence-corrected chi connectivity index (χ4v) is 2.50. The van der Waals surface area contributed by atoms with Crippen LogP contribution in [0.15, 0.2) is 60.1 Å². The maximum Gasteiger partial charge on any atom is 0.0925 e. The summed E-state index contributed by atoms with van der Waals surface area (Å²) < 4.78 is 0. The van der Waals surface area contributed by atoms with Gasteiger partial charge in [0.2, 0.25) is 0 Å². The Bertz CT molecular complexity index is 528. The molecule has 2 aromatic rings. The molecule has 0 atom stereocenters. The van der Waals surface area contributed by atoms with Crippen LogP contribution in [0.25, 0.3) is 0 Å². The number of allylic oxidation sites excluding steroid dienone is 4. The van der Waals surface area contributed by atoms with Gasteiger partial charge in [-0.25, -0.2) is 0 Å². The quantitative estimate of drug-likeness (QED) is 0.746. The fraction of sp³-hybridized carbons (Fsp3) is 0.294. The lowest BCUT2D eigenvalue weighted by atomic mass is 9.87. The van der Waals surface area contributed by atoms with Gasteiger partial charge in [0.1, 0.15) is 0 Å². The molecule has 2 aromatic heterocycles. The highest BCUT2D eigenvalue weighted by molar-refractivity contribution is 5.38. The number of H-pyrrole nitrogens is 2. The van der Waals surface area contributed by atoms with Gasteiger partial charge in [0.15, 0.2) is 0 Å². The lowest BCUT2D eigenvalue weighted by Gasteiger charge is -2.21. The molecule has 1 aliphatic rings. The zero-order valence-corrected chi connectivity index (χ0v) is 12.1. The standard InChI is InChI=1S/C15H16N2O.C2H6/c18-12-7-5-11(6-8-12)15(13-3-1-9-16-13)14-4-2-10-17-14;1-2/h1-5,7,9-10,15-18H,6,8H2;1-2H3. The van der Waals surface area contributed by atoms with Crippen molar-refractivity contribution in [3.63, 3.8) is 0 Å². The van der Waals surface area contributed by atoms with Crippen LogP contribution < -0.4 is 0 Å². The van der Waals surface area contributed by atoms with Crippen molar-refractivity contribution in [1.29, 1.82) is 0 Å². The van der Waals surface area contributed by atoms with E-state index in [1.54, 1.807) is 6.08 Å². The average Bonchev–Trinajstić information content (AvgIpc) is 3.18. The summed E-state index contributed by atoms with van der Waals surface area (Å²) in [5.41, 5.74) is 3.68. The highest BCUT2D eigenvalue weighted by atomic mass is 16.3. The molecule has 3 N–H and O–H groups in total. The second-order valence-electron chi connectivity index (χ2n) is 4.58. The first kappa shape index (κ1) is 14.3. The van der Waals surface area contributed by atoms with Crippen LogP contribution in [0.1, 0.15) is 44.0 Å². The molecular weight excluding hydrogens is 248 g/mol. The zero-order valence-electron chi connectivity index (χ0n) is 12.1. The van der Waals surface area contributed by atoms with Crippen molar-refractivity contribution < 1.29 is 5.11 Å². The predicted octanol–water partition coefficient (Wildman–Crippen LogP) is 4.66. The van der Waals surface area contributed by atoms with E-state index in [4.69, 9.17) is 0 Å². The second-order valence-corrected chi connectivity index (χ2v) is 4.58. The van der Waals surface area contributed by atoms with E-state index in [1.165, 1.54) is 17.0 Å². The van der Waals surface area contributed by atoms with Gasteiger partial charge in [-0.2, -0.15) is 0 Å². The van der Waals surface area contributed by atoms with Crippen LogP contribution in [0.5, 0.6) is 0 Å². The molecule has 0 aromatic carbocycles. The molecule has 20 heavy (non-hydrogen) atoms. The Balaban J connectivity index is 0.000000704. The van der Waals surface area contributed by atoms with Crippen LogP contribution in [0.2, 0.25) is 0 Å². The summed E-state index contributed by atoms with van der Waals surface area (Å²) >= 11 is 0. The Morgan fingerprint density at radius 2 is 1.55 bits per heavy atom. The van der Waals surface area contributed by atoms with Gasteiger partial charge in [-0.15, -0.1) is 0 Å². The molecule has 0 unspecified atom stereocenters. The topological polar surface area (TPSA) is 51.8 Å². The number of aliphatic hydroxyl groups excluding tert-OH is 1. The van der Waals surface area contributed by atoms with Gasteiger partial charge in [0.05, 0.1) is 11.7 Å². The summed E-state index contributed by atoms with van der Waals surface area (Å²) in [5.74, 6) is 0.690. The van der Waals surface area contributed by atoms with Gasteiger partial charge in [-0.05, 0) is 36.8 Å². The Morgan fingerprint density at radius 1 is 0.950 bits per heavy atom. The number of aromatic nitrogens is 2. The smallest absolute Gasteiger partial charge is 0.0925 e. The van der Waals surface area contributed by atoms with Crippen molar-refractivity contribution in [2.24, 2.45) is 0 Å². The number of aliphatic hydroxyl groups is 1. The summed E-state index contributed by atoms with van der Waals surface area (Å²) in [4.78, 5) is 6.58. The maximum atomic E-state index is 9.47. The maximum absolute atomic E-state index is 9.47. The SMILES string of the molecule is CC.OC1=CC=C(C(c2ccc[nH]2)c2ccc[nH]2)CC1. The Kier molecular flexibility index (Phi) is 4.88. The third-order valence-electron chi connectivity index (χ3n) is 3.40. The monoisotopic (exact) mass is 270 g/mol. The average molecular weight is 270 g/mol. The Morgan fingerprint density at radius 3 is 1.95 bits per heavy atom. The molecule has 0 aliphatic heterocycles. The van der Waals surface area contributed by atoms with Gasteiger partial charge >= 0.3 is 0 Å². The third kappa shape index (κ3) is 3.05. The van der Waals surface area contributed by atoms with Gasteiger partial charge < -0.3 is 15.1 Å². The molecule has 2 heterocycles.